The highest BCUT2D eigenvalue weighted by Crippen LogP contribution is 2.29. The predicted octanol–water partition coefficient (Wildman–Crippen LogP) is 6.50. The van der Waals surface area contributed by atoms with E-state index in [0.717, 1.165) is 17.9 Å². The lowest BCUT2D eigenvalue weighted by molar-refractivity contribution is 0.697. The third kappa shape index (κ3) is 3.63. The second kappa shape index (κ2) is 7.47. The molecule has 140 valence electrons. The molecule has 0 saturated heterocycles. The molecule has 28 heavy (non-hydrogen) atoms. The lowest BCUT2D eigenvalue weighted by Crippen LogP contribution is -2.04. The van der Waals surface area contributed by atoms with Gasteiger partial charge in [-0.05, 0) is 73.7 Å². The zero-order valence-electron chi connectivity index (χ0n) is 17.0. The van der Waals surface area contributed by atoms with Gasteiger partial charge in [0.25, 0.3) is 0 Å². The number of hydrogen-bond acceptors (Lipinski definition) is 1. The van der Waals surface area contributed by atoms with Crippen molar-refractivity contribution in [3.05, 3.63) is 101 Å². The van der Waals surface area contributed by atoms with Gasteiger partial charge in [-0.15, -0.1) is 0 Å². The molecule has 0 N–H and O–H groups in total. The van der Waals surface area contributed by atoms with Crippen LogP contribution in [0.5, 0.6) is 0 Å². The second-order valence-electron chi connectivity index (χ2n) is 7.66. The fourth-order valence-electron chi connectivity index (χ4n) is 3.47. The minimum absolute atomic E-state index is 0.758. The van der Waals surface area contributed by atoms with E-state index >= 15 is 0 Å². The zero-order chi connectivity index (χ0) is 19.7. The molecule has 0 saturated carbocycles. The fourth-order valence-corrected chi connectivity index (χ4v) is 3.47. The molecule has 0 amide bonds. The molecule has 2 nitrogen and oxygen atoms in total. The zero-order valence-corrected chi connectivity index (χ0v) is 17.0. The normalized spacial score (nSPS) is 11.0. The molecule has 0 radical (unpaired) electrons. The number of nitrogens with zero attached hydrogens (tertiary/aromatic N) is 2. The average molecular weight is 367 g/mol. The summed E-state index contributed by atoms with van der Waals surface area (Å²) in [6.45, 7) is 9.38. The molecule has 0 unspecified atom stereocenters. The van der Waals surface area contributed by atoms with E-state index in [0.29, 0.717) is 0 Å². The third-order valence-electron chi connectivity index (χ3n) is 5.56. The summed E-state index contributed by atoms with van der Waals surface area (Å²) in [6.07, 6.45) is 0. The van der Waals surface area contributed by atoms with Crippen LogP contribution in [0.2, 0.25) is 0 Å². The van der Waals surface area contributed by atoms with Crippen molar-refractivity contribution in [2.45, 2.75) is 34.2 Å². The van der Waals surface area contributed by atoms with Crippen molar-refractivity contribution in [1.82, 2.24) is 9.78 Å². The highest BCUT2D eigenvalue weighted by Gasteiger charge is 2.13. The van der Waals surface area contributed by atoms with Crippen molar-refractivity contribution in [1.29, 1.82) is 0 Å². The molecule has 0 aliphatic rings. The van der Waals surface area contributed by atoms with Gasteiger partial charge in [0, 0.05) is 11.1 Å². The van der Waals surface area contributed by atoms with E-state index in [1.165, 1.54) is 38.9 Å². The molecular formula is C26H26N2. The Balaban J connectivity index is 1.83. The van der Waals surface area contributed by atoms with Crippen molar-refractivity contribution in [3.63, 3.8) is 0 Å². The first-order chi connectivity index (χ1) is 13.5. The van der Waals surface area contributed by atoms with Crippen molar-refractivity contribution in [2.75, 3.05) is 0 Å². The molecule has 1 heterocycles. The monoisotopic (exact) mass is 366 g/mol. The smallest absolute Gasteiger partial charge is 0.0929 e. The molecule has 4 aromatic rings. The first-order valence-electron chi connectivity index (χ1n) is 9.78. The van der Waals surface area contributed by atoms with Gasteiger partial charge in [-0.2, -0.15) is 5.10 Å². The van der Waals surface area contributed by atoms with Crippen LogP contribution in [0, 0.1) is 27.7 Å². The van der Waals surface area contributed by atoms with Crippen LogP contribution in [0.4, 0.5) is 0 Å². The lowest BCUT2D eigenvalue weighted by Gasteiger charge is -2.09. The Hall–Kier alpha value is -3.13. The van der Waals surface area contributed by atoms with Crippen LogP contribution in [-0.4, -0.2) is 9.78 Å². The quantitative estimate of drug-likeness (QED) is 0.403. The molecule has 3 aromatic carbocycles. The van der Waals surface area contributed by atoms with Crippen LogP contribution in [0.15, 0.2) is 72.8 Å². The molecule has 0 atom stereocenters. The number of hydrogen-bond donors (Lipinski definition) is 0. The SMILES string of the molecule is Cc1ccc(-c2cc(-c3ccc(C)c(C)c3)n(Cc3ccccc3)n2)cc1C. The minimum Gasteiger partial charge on any atom is -0.260 e. The molecule has 0 spiro atoms. The predicted molar refractivity (Wildman–Crippen MR) is 118 cm³/mol. The van der Waals surface area contributed by atoms with Crippen molar-refractivity contribution >= 4 is 0 Å². The topological polar surface area (TPSA) is 17.8 Å². The fraction of sp³-hybridized carbons (Fsp3) is 0.192. The van der Waals surface area contributed by atoms with E-state index in [-0.39, 0.29) is 0 Å². The Labute approximate surface area is 167 Å². The third-order valence-corrected chi connectivity index (χ3v) is 5.56. The second-order valence-corrected chi connectivity index (χ2v) is 7.66. The minimum atomic E-state index is 0.758. The number of aromatic nitrogens is 2. The van der Waals surface area contributed by atoms with Gasteiger partial charge in [0.15, 0.2) is 0 Å². The first kappa shape index (κ1) is 18.2. The van der Waals surface area contributed by atoms with E-state index < -0.39 is 0 Å². The molecule has 1 aromatic heterocycles. The molecule has 4 rings (SSSR count). The summed E-state index contributed by atoms with van der Waals surface area (Å²) in [4.78, 5) is 0. The Bertz CT molecular complexity index is 1120. The lowest BCUT2D eigenvalue weighted by atomic mass is 10.0. The van der Waals surface area contributed by atoms with Gasteiger partial charge >= 0.3 is 0 Å². The Kier molecular flexibility index (Phi) is 4.87. The Morgan fingerprint density at radius 3 is 1.89 bits per heavy atom. The van der Waals surface area contributed by atoms with Crippen molar-refractivity contribution in [3.8, 4) is 22.5 Å². The van der Waals surface area contributed by atoms with Gasteiger partial charge in [0.2, 0.25) is 0 Å². The summed E-state index contributed by atoms with van der Waals surface area (Å²) < 4.78 is 2.13. The van der Waals surface area contributed by atoms with E-state index in [9.17, 15) is 0 Å². The Morgan fingerprint density at radius 1 is 0.643 bits per heavy atom. The summed E-state index contributed by atoms with van der Waals surface area (Å²) in [6, 6.07) is 26.0. The van der Waals surface area contributed by atoms with E-state index in [4.69, 9.17) is 5.10 Å². The largest absolute Gasteiger partial charge is 0.260 e. The summed E-state index contributed by atoms with van der Waals surface area (Å²) in [5, 5.41) is 4.99. The maximum atomic E-state index is 4.99. The number of rotatable bonds is 4. The summed E-state index contributed by atoms with van der Waals surface area (Å²) in [5.41, 5.74) is 11.0. The molecule has 0 bridgehead atoms. The van der Waals surface area contributed by atoms with Gasteiger partial charge in [-0.3, -0.25) is 4.68 Å². The van der Waals surface area contributed by atoms with Gasteiger partial charge < -0.3 is 0 Å². The number of benzene rings is 3. The molecule has 2 heteroatoms. The van der Waals surface area contributed by atoms with E-state index in [1.807, 2.05) is 0 Å². The molecule has 0 aliphatic carbocycles. The van der Waals surface area contributed by atoms with Crippen LogP contribution in [0.1, 0.15) is 27.8 Å². The van der Waals surface area contributed by atoms with Gasteiger partial charge in [-0.25, -0.2) is 0 Å². The maximum absolute atomic E-state index is 4.99. The van der Waals surface area contributed by atoms with Crippen LogP contribution >= 0.6 is 0 Å². The van der Waals surface area contributed by atoms with Crippen LogP contribution in [0.25, 0.3) is 22.5 Å². The summed E-state index contributed by atoms with van der Waals surface area (Å²) >= 11 is 0. The van der Waals surface area contributed by atoms with E-state index in [2.05, 4.69) is 105 Å². The molecule has 0 fully saturated rings. The average Bonchev–Trinajstić information content (AvgIpc) is 3.11. The Morgan fingerprint density at radius 2 is 1.25 bits per heavy atom. The van der Waals surface area contributed by atoms with Crippen molar-refractivity contribution < 1.29 is 0 Å². The highest BCUT2D eigenvalue weighted by molar-refractivity contribution is 5.70. The van der Waals surface area contributed by atoms with Crippen molar-refractivity contribution in [2.24, 2.45) is 0 Å². The van der Waals surface area contributed by atoms with Crippen LogP contribution in [-0.2, 0) is 6.54 Å². The first-order valence-corrected chi connectivity index (χ1v) is 9.78. The van der Waals surface area contributed by atoms with Gasteiger partial charge in [0.05, 0.1) is 17.9 Å². The van der Waals surface area contributed by atoms with Crippen LogP contribution < -0.4 is 0 Å². The summed E-state index contributed by atoms with van der Waals surface area (Å²) in [7, 11) is 0. The molecule has 0 aliphatic heterocycles. The standard InChI is InChI=1S/C26H26N2/c1-18-10-12-23(14-20(18)3)25-16-26(24-13-11-19(2)21(4)15-24)28(27-25)17-22-8-6-5-7-9-22/h5-16H,17H2,1-4H3. The number of aryl methyl sites for hydroxylation is 4. The summed E-state index contributed by atoms with van der Waals surface area (Å²) in [5.74, 6) is 0. The van der Waals surface area contributed by atoms with E-state index in [1.54, 1.807) is 0 Å². The maximum Gasteiger partial charge on any atom is 0.0929 e. The van der Waals surface area contributed by atoms with Gasteiger partial charge in [0.1, 0.15) is 0 Å². The molecular weight excluding hydrogens is 340 g/mol. The van der Waals surface area contributed by atoms with Crippen LogP contribution in [0.3, 0.4) is 0 Å². The highest BCUT2D eigenvalue weighted by atomic mass is 15.3. The van der Waals surface area contributed by atoms with Gasteiger partial charge in [-0.1, -0.05) is 54.6 Å².